The van der Waals surface area contributed by atoms with Crippen LogP contribution in [0.2, 0.25) is 0 Å². The Morgan fingerprint density at radius 1 is 1.11 bits per heavy atom. The molecule has 0 saturated heterocycles. The molecule has 3 rings (SSSR count). The molecule has 5 nitrogen and oxygen atoms in total. The van der Waals surface area contributed by atoms with Crippen LogP contribution in [0.4, 0.5) is 0 Å². The van der Waals surface area contributed by atoms with Crippen molar-refractivity contribution in [2.75, 3.05) is 20.8 Å². The summed E-state index contributed by atoms with van der Waals surface area (Å²) in [6, 6.07) is 11.7. The number of hydrogen-bond acceptors (Lipinski definition) is 4. The van der Waals surface area contributed by atoms with Crippen molar-refractivity contribution < 1.29 is 18.7 Å². The second-order valence-electron chi connectivity index (χ2n) is 6.52. The summed E-state index contributed by atoms with van der Waals surface area (Å²) in [4.78, 5) is 12.1. The van der Waals surface area contributed by atoms with Gasteiger partial charge in [-0.15, -0.1) is 0 Å². The van der Waals surface area contributed by atoms with Crippen LogP contribution in [0.1, 0.15) is 25.8 Å². The number of benzene rings is 2. The molecule has 0 saturated carbocycles. The van der Waals surface area contributed by atoms with E-state index in [2.05, 4.69) is 5.32 Å². The van der Waals surface area contributed by atoms with Gasteiger partial charge in [0, 0.05) is 40.8 Å². The Kier molecular flexibility index (Phi) is 6.04. The zero-order valence-electron chi connectivity index (χ0n) is 16.7. The second kappa shape index (κ2) is 8.65. The summed E-state index contributed by atoms with van der Waals surface area (Å²) in [5, 5.41) is 3.80. The molecule has 0 aliphatic carbocycles. The number of amides is 1. The van der Waals surface area contributed by atoms with Crippen LogP contribution in [0, 0.1) is 0 Å². The van der Waals surface area contributed by atoms with E-state index in [0.29, 0.717) is 17.9 Å². The first kappa shape index (κ1) is 19.5. The summed E-state index contributed by atoms with van der Waals surface area (Å²) in [7, 11) is 3.26. The lowest BCUT2D eigenvalue weighted by Crippen LogP contribution is -2.21. The predicted octanol–water partition coefficient (Wildman–Crippen LogP) is 5.05. The molecule has 146 valence electrons. The predicted molar refractivity (Wildman–Crippen MR) is 112 cm³/mol. The van der Waals surface area contributed by atoms with E-state index < -0.39 is 0 Å². The van der Waals surface area contributed by atoms with E-state index in [9.17, 15) is 4.79 Å². The van der Waals surface area contributed by atoms with E-state index in [0.717, 1.165) is 39.8 Å². The van der Waals surface area contributed by atoms with Crippen molar-refractivity contribution in [2.24, 2.45) is 0 Å². The van der Waals surface area contributed by atoms with Crippen LogP contribution in [0.5, 0.6) is 11.5 Å². The van der Waals surface area contributed by atoms with E-state index in [4.69, 9.17) is 13.9 Å². The molecule has 1 aromatic heterocycles. The van der Waals surface area contributed by atoms with Crippen LogP contribution in [-0.4, -0.2) is 26.7 Å². The molecule has 3 aromatic rings. The molecule has 0 aliphatic rings. The Labute approximate surface area is 164 Å². The lowest BCUT2D eigenvalue weighted by Gasteiger charge is -2.11. The summed E-state index contributed by atoms with van der Waals surface area (Å²) >= 11 is 0. The van der Waals surface area contributed by atoms with Gasteiger partial charge in [0.25, 0.3) is 0 Å². The molecule has 0 unspecified atom stereocenters. The van der Waals surface area contributed by atoms with Crippen LogP contribution in [0.3, 0.4) is 0 Å². The molecule has 0 atom stereocenters. The van der Waals surface area contributed by atoms with E-state index in [-0.39, 0.29) is 5.91 Å². The summed E-state index contributed by atoms with van der Waals surface area (Å²) in [6.07, 6.45) is 4.21. The van der Waals surface area contributed by atoms with Gasteiger partial charge in [-0.2, -0.15) is 0 Å². The molecule has 5 heteroatoms. The van der Waals surface area contributed by atoms with Crippen LogP contribution < -0.4 is 14.8 Å². The highest BCUT2D eigenvalue weighted by molar-refractivity contribution is 6.01. The average molecular weight is 379 g/mol. The van der Waals surface area contributed by atoms with Crippen LogP contribution >= 0.6 is 0 Å². The number of carbonyl (C=O) groups excluding carboxylic acids is 1. The average Bonchev–Trinajstić information content (AvgIpc) is 3.13. The fourth-order valence-electron chi connectivity index (χ4n) is 3.18. The smallest absolute Gasteiger partial charge is 0.244 e. The molecule has 28 heavy (non-hydrogen) atoms. The van der Waals surface area contributed by atoms with E-state index in [1.807, 2.05) is 50.2 Å². The molecule has 1 heterocycles. The number of fused-ring (bicyclic) bond motifs is 1. The van der Waals surface area contributed by atoms with Crippen molar-refractivity contribution in [1.29, 1.82) is 0 Å². The normalized spacial score (nSPS) is 11.5. The zero-order chi connectivity index (χ0) is 20.1. The Morgan fingerprint density at radius 3 is 2.57 bits per heavy atom. The summed E-state index contributed by atoms with van der Waals surface area (Å²) in [5.41, 5.74) is 4.25. The molecule has 0 radical (unpaired) electrons. The number of furan rings is 1. The highest BCUT2D eigenvalue weighted by atomic mass is 16.5. The van der Waals surface area contributed by atoms with Gasteiger partial charge in [-0.3, -0.25) is 4.79 Å². The molecular weight excluding hydrogens is 354 g/mol. The minimum absolute atomic E-state index is 0.112. The Morgan fingerprint density at radius 2 is 1.86 bits per heavy atom. The molecular formula is C23H25NO4. The maximum Gasteiger partial charge on any atom is 0.244 e. The van der Waals surface area contributed by atoms with E-state index in [1.165, 1.54) is 0 Å². The largest absolute Gasteiger partial charge is 0.496 e. The molecule has 0 spiro atoms. The monoisotopic (exact) mass is 379 g/mol. The van der Waals surface area contributed by atoms with Gasteiger partial charge >= 0.3 is 0 Å². The molecule has 2 aromatic carbocycles. The number of hydrogen-bond donors (Lipinski definition) is 1. The first-order valence-electron chi connectivity index (χ1n) is 9.28. The highest BCUT2D eigenvalue weighted by Crippen LogP contribution is 2.40. The third-order valence-corrected chi connectivity index (χ3v) is 4.61. The van der Waals surface area contributed by atoms with Crippen molar-refractivity contribution in [1.82, 2.24) is 5.32 Å². The lowest BCUT2D eigenvalue weighted by molar-refractivity contribution is -0.116. The fraction of sp³-hybridized carbons (Fsp3) is 0.261. The zero-order valence-corrected chi connectivity index (χ0v) is 16.7. The topological polar surface area (TPSA) is 60.7 Å². The summed E-state index contributed by atoms with van der Waals surface area (Å²) in [5.74, 6) is 1.32. The van der Waals surface area contributed by atoms with E-state index in [1.54, 1.807) is 26.6 Å². The Balaban J connectivity index is 2.11. The second-order valence-corrected chi connectivity index (χ2v) is 6.52. The van der Waals surface area contributed by atoms with E-state index >= 15 is 0 Å². The first-order valence-corrected chi connectivity index (χ1v) is 9.28. The van der Waals surface area contributed by atoms with Gasteiger partial charge < -0.3 is 19.2 Å². The first-order chi connectivity index (χ1) is 13.6. The third kappa shape index (κ3) is 3.88. The van der Waals surface area contributed by atoms with Gasteiger partial charge in [-0.25, -0.2) is 0 Å². The van der Waals surface area contributed by atoms with Gasteiger partial charge in [0.2, 0.25) is 5.91 Å². The minimum Gasteiger partial charge on any atom is -0.496 e. The van der Waals surface area contributed by atoms with Gasteiger partial charge in [0.05, 0.1) is 20.5 Å². The van der Waals surface area contributed by atoms with Crippen molar-refractivity contribution in [3.05, 3.63) is 54.3 Å². The number of allylic oxidation sites excluding steroid dienone is 1. The van der Waals surface area contributed by atoms with Crippen molar-refractivity contribution in [3.8, 4) is 22.6 Å². The number of para-hydroxylation sites is 1. The Hall–Kier alpha value is -3.21. The van der Waals surface area contributed by atoms with Crippen molar-refractivity contribution in [2.45, 2.75) is 20.3 Å². The maximum atomic E-state index is 12.1. The van der Waals surface area contributed by atoms with Crippen LogP contribution in [0.25, 0.3) is 27.7 Å². The fourth-order valence-corrected chi connectivity index (χ4v) is 3.18. The van der Waals surface area contributed by atoms with Crippen LogP contribution in [-0.2, 0) is 4.79 Å². The molecule has 1 amide bonds. The molecule has 0 aliphatic heterocycles. The Bertz CT molecular complexity index is 1020. The molecule has 1 N–H and O–H groups in total. The van der Waals surface area contributed by atoms with Gasteiger partial charge in [0.15, 0.2) is 0 Å². The summed E-state index contributed by atoms with van der Waals surface area (Å²) < 4.78 is 16.8. The number of carbonyl (C=O) groups is 1. The quantitative estimate of drug-likeness (QED) is 0.584. The van der Waals surface area contributed by atoms with Crippen molar-refractivity contribution >= 4 is 22.4 Å². The molecule has 0 bridgehead atoms. The van der Waals surface area contributed by atoms with Crippen molar-refractivity contribution in [3.63, 3.8) is 0 Å². The maximum absolute atomic E-state index is 12.1. The van der Waals surface area contributed by atoms with Gasteiger partial charge in [-0.05, 0) is 31.1 Å². The number of nitrogens with one attached hydrogen (secondary N) is 1. The van der Waals surface area contributed by atoms with Gasteiger partial charge in [0.1, 0.15) is 17.1 Å². The molecule has 0 fully saturated rings. The lowest BCUT2D eigenvalue weighted by atomic mass is 9.99. The standard InChI is InChI=1S/C23H25NO4/c1-5-10-24-23(25)11-15(2)17-12-18-19(14-28-22(18)13-21(17)27-4)16-8-6-7-9-20(16)26-3/h6-9,11-14H,5,10H2,1-4H3,(H,24,25)/b15-11+. The SMILES string of the molecule is CCCNC(=O)/C=C(\C)c1cc2c(-c3ccccc3OC)coc2cc1OC. The number of methoxy groups -OCH3 is 2. The number of ether oxygens (including phenoxy) is 2. The highest BCUT2D eigenvalue weighted by Gasteiger charge is 2.16. The number of rotatable bonds is 7. The van der Waals surface area contributed by atoms with Crippen LogP contribution in [0.15, 0.2) is 53.2 Å². The summed E-state index contributed by atoms with van der Waals surface area (Å²) in [6.45, 7) is 4.57. The third-order valence-electron chi connectivity index (χ3n) is 4.61. The minimum atomic E-state index is -0.112. The van der Waals surface area contributed by atoms with Gasteiger partial charge in [-0.1, -0.05) is 25.1 Å².